The van der Waals surface area contributed by atoms with Crippen LogP contribution in [0.5, 0.6) is 0 Å². The van der Waals surface area contributed by atoms with Crippen LogP contribution in [0.15, 0.2) is 11.8 Å². The number of rotatable bonds is 2. The number of hydrogen-bond acceptors (Lipinski definition) is 5. The molecule has 0 saturated carbocycles. The molecule has 0 bridgehead atoms. The molecule has 6 heteroatoms. The molecule has 0 spiro atoms. The third kappa shape index (κ3) is 2.01. The lowest BCUT2D eigenvalue weighted by Crippen LogP contribution is -2.32. The quantitative estimate of drug-likeness (QED) is 0.507. The number of carbonyl (C=O) groups excluding carboxylic acids is 2. The molecule has 1 N–H and O–H groups in total. The van der Waals surface area contributed by atoms with Crippen LogP contribution in [-0.2, 0) is 18.2 Å². The highest BCUT2D eigenvalue weighted by molar-refractivity contribution is 6.11. The maximum absolute atomic E-state index is 12.4. The molecule has 0 radical (unpaired) electrons. The van der Waals surface area contributed by atoms with Gasteiger partial charge in [0, 0.05) is 23.6 Å². The summed E-state index contributed by atoms with van der Waals surface area (Å²) in [6.07, 6.45) is 1.30. The molecule has 0 atom stereocenters. The number of ketones is 1. The normalized spacial score (nSPS) is 19.0. The van der Waals surface area contributed by atoms with Crippen molar-refractivity contribution in [3.63, 3.8) is 0 Å². The summed E-state index contributed by atoms with van der Waals surface area (Å²) in [5.74, 6) is -0.825. The lowest BCUT2D eigenvalue weighted by molar-refractivity contribution is 0.0517. The number of allylic oxidation sites excluding steroid dienone is 1. The molecule has 20 heavy (non-hydrogen) atoms. The summed E-state index contributed by atoms with van der Waals surface area (Å²) in [5, 5.41) is 13.4. The molecule has 1 aromatic heterocycles. The van der Waals surface area contributed by atoms with E-state index in [0.29, 0.717) is 23.3 Å². The summed E-state index contributed by atoms with van der Waals surface area (Å²) in [5.41, 5.74) is 0.883. The minimum atomic E-state index is -0.552. The van der Waals surface area contributed by atoms with Gasteiger partial charge in [0.05, 0.1) is 12.9 Å². The number of carbonyl (C=O) groups is 2. The first-order chi connectivity index (χ1) is 9.33. The highest BCUT2D eigenvalue weighted by Gasteiger charge is 2.41. The van der Waals surface area contributed by atoms with Crippen LogP contribution >= 0.6 is 0 Å². The van der Waals surface area contributed by atoms with Gasteiger partial charge in [-0.3, -0.25) is 9.48 Å². The predicted octanol–water partition coefficient (Wildman–Crippen LogP) is 1.80. The highest BCUT2D eigenvalue weighted by atomic mass is 16.5. The summed E-state index contributed by atoms with van der Waals surface area (Å²) in [6.45, 7) is 5.66. The maximum atomic E-state index is 12.4. The Morgan fingerprint density at radius 1 is 1.55 bits per heavy atom. The topological polar surface area (TPSA) is 81.4 Å². The first kappa shape index (κ1) is 14.3. The van der Waals surface area contributed by atoms with Crippen molar-refractivity contribution in [1.29, 1.82) is 0 Å². The van der Waals surface area contributed by atoms with Crippen LogP contribution in [-0.4, -0.2) is 33.2 Å². The van der Waals surface area contributed by atoms with Gasteiger partial charge in [-0.15, -0.1) is 0 Å². The third-order valence-corrected chi connectivity index (χ3v) is 3.55. The molecule has 2 rings (SSSR count). The molecule has 6 nitrogen and oxygen atoms in total. The summed E-state index contributed by atoms with van der Waals surface area (Å²) >= 11 is 0. The fourth-order valence-electron chi connectivity index (χ4n) is 2.59. The Labute approximate surface area is 117 Å². The van der Waals surface area contributed by atoms with Crippen molar-refractivity contribution >= 4 is 11.8 Å². The standard InChI is InChI=1S/C14H18N2O4/c1-5-20-13(19)10-8-6-14(2,3)9(7-17)12(18)11(8)16(4)15-10/h7,17H,5-6H2,1-4H3. The Hall–Kier alpha value is -2.11. The van der Waals surface area contributed by atoms with Crippen molar-refractivity contribution in [2.24, 2.45) is 12.5 Å². The van der Waals surface area contributed by atoms with E-state index in [0.717, 1.165) is 6.26 Å². The number of aliphatic hydroxyl groups is 1. The molecule has 0 saturated heterocycles. The third-order valence-electron chi connectivity index (χ3n) is 3.55. The second kappa shape index (κ2) is 4.77. The Balaban J connectivity index is 2.60. The smallest absolute Gasteiger partial charge is 0.359 e. The Bertz CT molecular complexity index is 611. The largest absolute Gasteiger partial charge is 0.515 e. The molecule has 108 valence electrons. The number of aliphatic hydroxyl groups excluding tert-OH is 1. The molecule has 1 aliphatic rings. The summed E-state index contributed by atoms with van der Waals surface area (Å²) in [4.78, 5) is 24.4. The number of aryl methyl sites for hydroxylation is 1. The van der Waals surface area contributed by atoms with Gasteiger partial charge in [-0.25, -0.2) is 4.79 Å². The van der Waals surface area contributed by atoms with Crippen LogP contribution in [0.3, 0.4) is 0 Å². The summed E-state index contributed by atoms with van der Waals surface area (Å²) in [7, 11) is 1.60. The number of hydrogen-bond donors (Lipinski definition) is 1. The second-order valence-electron chi connectivity index (χ2n) is 5.45. The lowest BCUT2D eigenvalue weighted by atomic mass is 9.71. The predicted molar refractivity (Wildman–Crippen MR) is 71.7 cm³/mol. The Morgan fingerprint density at radius 2 is 2.20 bits per heavy atom. The highest BCUT2D eigenvalue weighted by Crippen LogP contribution is 2.40. The van der Waals surface area contributed by atoms with E-state index < -0.39 is 11.4 Å². The number of aromatic nitrogens is 2. The molecule has 0 unspecified atom stereocenters. The van der Waals surface area contributed by atoms with E-state index >= 15 is 0 Å². The molecule has 0 fully saturated rings. The maximum Gasteiger partial charge on any atom is 0.359 e. The van der Waals surface area contributed by atoms with E-state index in [9.17, 15) is 14.7 Å². The van der Waals surface area contributed by atoms with Crippen molar-refractivity contribution in [2.45, 2.75) is 27.2 Å². The number of fused-ring (bicyclic) bond motifs is 1. The van der Waals surface area contributed by atoms with Crippen LogP contribution in [0.25, 0.3) is 0 Å². The van der Waals surface area contributed by atoms with Gasteiger partial charge >= 0.3 is 5.97 Å². The van der Waals surface area contributed by atoms with Gasteiger partial charge in [-0.05, 0) is 13.3 Å². The van der Waals surface area contributed by atoms with Crippen molar-refractivity contribution in [3.8, 4) is 0 Å². The van der Waals surface area contributed by atoms with Gasteiger partial charge in [0.1, 0.15) is 5.69 Å². The van der Waals surface area contributed by atoms with Gasteiger partial charge in [0.25, 0.3) is 0 Å². The zero-order valence-electron chi connectivity index (χ0n) is 12.1. The van der Waals surface area contributed by atoms with Crippen LogP contribution < -0.4 is 0 Å². The minimum Gasteiger partial charge on any atom is -0.515 e. The Kier molecular flexibility index (Phi) is 3.41. The molecule has 0 amide bonds. The van der Waals surface area contributed by atoms with Gasteiger partial charge in [-0.1, -0.05) is 13.8 Å². The van der Waals surface area contributed by atoms with Crippen LogP contribution in [0.2, 0.25) is 0 Å². The van der Waals surface area contributed by atoms with Gasteiger partial charge in [0.2, 0.25) is 5.78 Å². The molecular weight excluding hydrogens is 260 g/mol. The average Bonchev–Trinajstić information content (AvgIpc) is 2.65. The molecule has 1 aliphatic carbocycles. The van der Waals surface area contributed by atoms with Gasteiger partial charge in [-0.2, -0.15) is 5.10 Å². The first-order valence-electron chi connectivity index (χ1n) is 6.46. The molecule has 0 aliphatic heterocycles. The summed E-state index contributed by atoms with van der Waals surface area (Å²) in [6, 6.07) is 0. The second-order valence-corrected chi connectivity index (χ2v) is 5.45. The number of ether oxygens (including phenoxy) is 1. The van der Waals surface area contributed by atoms with Crippen molar-refractivity contribution < 1.29 is 19.4 Å². The Morgan fingerprint density at radius 3 is 2.75 bits per heavy atom. The molecule has 0 aromatic carbocycles. The fourth-order valence-corrected chi connectivity index (χ4v) is 2.59. The lowest BCUT2D eigenvalue weighted by Gasteiger charge is -2.31. The molecule has 1 aromatic rings. The molecular formula is C14H18N2O4. The zero-order valence-corrected chi connectivity index (χ0v) is 12.1. The van der Waals surface area contributed by atoms with E-state index in [1.54, 1.807) is 14.0 Å². The van der Waals surface area contributed by atoms with Crippen LogP contribution in [0.1, 0.15) is 47.3 Å². The van der Waals surface area contributed by atoms with E-state index in [-0.39, 0.29) is 18.1 Å². The zero-order chi connectivity index (χ0) is 15.1. The van der Waals surface area contributed by atoms with E-state index in [2.05, 4.69) is 5.10 Å². The average molecular weight is 278 g/mol. The minimum absolute atomic E-state index is 0.183. The van der Waals surface area contributed by atoms with E-state index in [1.165, 1.54) is 4.68 Å². The van der Waals surface area contributed by atoms with E-state index in [4.69, 9.17) is 4.74 Å². The monoisotopic (exact) mass is 278 g/mol. The number of Topliss-reactive ketones (excluding diaryl/α,β-unsaturated/α-hetero) is 1. The van der Waals surface area contributed by atoms with Crippen LogP contribution in [0.4, 0.5) is 0 Å². The molecule has 1 heterocycles. The first-order valence-corrected chi connectivity index (χ1v) is 6.46. The van der Waals surface area contributed by atoms with Gasteiger partial charge < -0.3 is 9.84 Å². The fraction of sp³-hybridized carbons (Fsp3) is 0.500. The summed E-state index contributed by atoms with van der Waals surface area (Å²) < 4.78 is 6.35. The van der Waals surface area contributed by atoms with Crippen molar-refractivity contribution in [3.05, 3.63) is 28.8 Å². The van der Waals surface area contributed by atoms with E-state index in [1.807, 2.05) is 13.8 Å². The van der Waals surface area contributed by atoms with Crippen molar-refractivity contribution in [2.75, 3.05) is 6.61 Å². The number of esters is 1. The van der Waals surface area contributed by atoms with Crippen molar-refractivity contribution in [1.82, 2.24) is 9.78 Å². The number of nitrogens with zero attached hydrogens (tertiary/aromatic N) is 2. The SMILES string of the molecule is CCOC(=O)c1nn(C)c2c1CC(C)(C)C(=CO)C2=O. The van der Waals surface area contributed by atoms with Gasteiger partial charge in [0.15, 0.2) is 5.69 Å². The van der Waals surface area contributed by atoms with Crippen LogP contribution in [0, 0.1) is 5.41 Å².